The first-order valence-corrected chi connectivity index (χ1v) is 12.8. The average Bonchev–Trinajstić information content (AvgIpc) is 3.30. The highest BCUT2D eigenvalue weighted by Crippen LogP contribution is 2.35. The first-order valence-electron chi connectivity index (χ1n) is 12.4. The number of alkyl halides is 3. The molecular formula is C30H23ClF3N3O3. The van der Waals surface area contributed by atoms with Gasteiger partial charge in [-0.3, -0.25) is 9.59 Å². The SMILES string of the molecule is Cc1c(C(=O)Nc2cc(C(F)(F)F)ccc2Cl)oc2c1/C(=N/NC(=O)c1ccc(-c3ccccc3)cc1)CCC2. The molecule has 0 atom stereocenters. The van der Waals surface area contributed by atoms with Crippen LogP contribution in [0.1, 0.15) is 56.2 Å². The maximum atomic E-state index is 13.1. The predicted octanol–water partition coefficient (Wildman–Crippen LogP) is 7.65. The topological polar surface area (TPSA) is 83.7 Å². The number of nitrogens with zero attached hydrogens (tertiary/aromatic N) is 1. The Morgan fingerprint density at radius 1 is 0.925 bits per heavy atom. The summed E-state index contributed by atoms with van der Waals surface area (Å²) in [6.07, 6.45) is -2.83. The molecule has 1 heterocycles. The maximum Gasteiger partial charge on any atom is 0.416 e. The van der Waals surface area contributed by atoms with E-state index in [0.29, 0.717) is 47.4 Å². The van der Waals surface area contributed by atoms with Crippen LogP contribution < -0.4 is 10.7 Å². The van der Waals surface area contributed by atoms with Gasteiger partial charge >= 0.3 is 6.18 Å². The minimum absolute atomic E-state index is 0.0444. The average molecular weight is 566 g/mol. The molecule has 0 fully saturated rings. The Bertz CT molecular complexity index is 1610. The van der Waals surface area contributed by atoms with Crippen molar-refractivity contribution in [3.05, 3.63) is 112 Å². The zero-order chi connectivity index (χ0) is 28.4. The Kier molecular flexibility index (Phi) is 7.49. The largest absolute Gasteiger partial charge is 0.455 e. The van der Waals surface area contributed by atoms with E-state index in [-0.39, 0.29) is 16.5 Å². The third-order valence-corrected chi connectivity index (χ3v) is 6.95. The number of nitrogens with one attached hydrogen (secondary N) is 2. The zero-order valence-corrected chi connectivity index (χ0v) is 22.0. The standard InChI is InChI=1S/C30H23ClF3N3O3/c1-17-26-23(36-37-28(38)20-12-10-19(11-13-20)18-6-3-2-4-7-18)8-5-9-25(26)40-27(17)29(39)35-24-16-21(30(32,33)34)14-15-22(24)31/h2-4,6-7,10-16H,5,8-9H2,1H3,(H,35,39)(H,37,38)/b36-23+. The zero-order valence-electron chi connectivity index (χ0n) is 21.2. The van der Waals surface area contributed by atoms with Crippen LogP contribution in [-0.2, 0) is 12.6 Å². The molecule has 4 aromatic rings. The Labute approximate surface area is 232 Å². The lowest BCUT2D eigenvalue weighted by molar-refractivity contribution is -0.137. The summed E-state index contributed by atoms with van der Waals surface area (Å²) < 4.78 is 45.2. The van der Waals surface area contributed by atoms with E-state index in [1.54, 1.807) is 19.1 Å². The number of aryl methyl sites for hydroxylation is 1. The van der Waals surface area contributed by atoms with Crippen LogP contribution in [-0.4, -0.2) is 17.5 Å². The summed E-state index contributed by atoms with van der Waals surface area (Å²) in [6, 6.07) is 19.6. The number of anilines is 1. The molecule has 0 aliphatic heterocycles. The summed E-state index contributed by atoms with van der Waals surface area (Å²) in [5.41, 5.74) is 5.53. The molecule has 6 nitrogen and oxygen atoms in total. The quantitative estimate of drug-likeness (QED) is 0.244. The predicted molar refractivity (Wildman–Crippen MR) is 147 cm³/mol. The van der Waals surface area contributed by atoms with Crippen molar-refractivity contribution in [1.29, 1.82) is 0 Å². The number of rotatable bonds is 5. The molecule has 2 N–H and O–H groups in total. The highest BCUT2D eigenvalue weighted by molar-refractivity contribution is 6.34. The number of furan rings is 1. The highest BCUT2D eigenvalue weighted by Gasteiger charge is 2.32. The van der Waals surface area contributed by atoms with Crippen LogP contribution in [0.4, 0.5) is 18.9 Å². The van der Waals surface area contributed by atoms with Crippen molar-refractivity contribution >= 4 is 34.8 Å². The minimum Gasteiger partial charge on any atom is -0.455 e. The number of hydrazone groups is 1. The van der Waals surface area contributed by atoms with E-state index < -0.39 is 23.6 Å². The lowest BCUT2D eigenvalue weighted by Gasteiger charge is -2.13. The smallest absolute Gasteiger partial charge is 0.416 e. The number of halogens is 4. The number of carbonyl (C=O) groups is 2. The number of hydrogen-bond acceptors (Lipinski definition) is 4. The number of hydrogen-bond donors (Lipinski definition) is 2. The van der Waals surface area contributed by atoms with Crippen LogP contribution in [0.2, 0.25) is 5.02 Å². The maximum absolute atomic E-state index is 13.1. The fraction of sp³-hybridized carbons (Fsp3) is 0.167. The molecule has 0 bridgehead atoms. The van der Waals surface area contributed by atoms with Gasteiger partial charge in [-0.1, -0.05) is 54.1 Å². The van der Waals surface area contributed by atoms with Gasteiger partial charge < -0.3 is 9.73 Å². The Morgan fingerprint density at radius 2 is 1.62 bits per heavy atom. The normalized spacial score (nSPS) is 14.1. The summed E-state index contributed by atoms with van der Waals surface area (Å²) in [4.78, 5) is 25.8. The molecule has 0 radical (unpaired) electrons. The third-order valence-electron chi connectivity index (χ3n) is 6.62. The van der Waals surface area contributed by atoms with E-state index in [2.05, 4.69) is 15.8 Å². The third kappa shape index (κ3) is 5.65. The van der Waals surface area contributed by atoms with Crippen LogP contribution in [0.15, 0.2) is 82.3 Å². The first-order chi connectivity index (χ1) is 19.1. The molecule has 0 saturated carbocycles. The van der Waals surface area contributed by atoms with Crippen molar-refractivity contribution in [2.45, 2.75) is 32.4 Å². The summed E-state index contributed by atoms with van der Waals surface area (Å²) in [5, 5.41) is 6.70. The van der Waals surface area contributed by atoms with E-state index in [0.717, 1.165) is 29.3 Å². The molecule has 40 heavy (non-hydrogen) atoms. The Morgan fingerprint density at radius 3 is 2.33 bits per heavy atom. The van der Waals surface area contributed by atoms with Crippen LogP contribution in [0.25, 0.3) is 11.1 Å². The summed E-state index contributed by atoms with van der Waals surface area (Å²) in [7, 11) is 0. The van der Waals surface area contributed by atoms with Crippen molar-refractivity contribution in [3.63, 3.8) is 0 Å². The molecule has 1 aromatic heterocycles. The van der Waals surface area contributed by atoms with Gasteiger partial charge in [0, 0.05) is 23.1 Å². The Balaban J connectivity index is 1.34. The van der Waals surface area contributed by atoms with Gasteiger partial charge in [0.05, 0.1) is 22.0 Å². The number of fused-ring (bicyclic) bond motifs is 1. The molecule has 1 aliphatic rings. The highest BCUT2D eigenvalue weighted by atomic mass is 35.5. The lowest BCUT2D eigenvalue weighted by atomic mass is 9.93. The summed E-state index contributed by atoms with van der Waals surface area (Å²) in [6.45, 7) is 1.66. The second-order valence-corrected chi connectivity index (χ2v) is 9.70. The van der Waals surface area contributed by atoms with Crippen LogP contribution in [0.5, 0.6) is 0 Å². The van der Waals surface area contributed by atoms with Crippen molar-refractivity contribution in [1.82, 2.24) is 5.43 Å². The first kappa shape index (κ1) is 27.2. The molecule has 10 heteroatoms. The minimum atomic E-state index is -4.59. The molecular weight excluding hydrogens is 543 g/mol. The molecule has 1 aliphatic carbocycles. The van der Waals surface area contributed by atoms with Gasteiger partial charge in [-0.05, 0) is 61.2 Å². The van der Waals surface area contributed by atoms with E-state index in [9.17, 15) is 22.8 Å². The fourth-order valence-electron chi connectivity index (χ4n) is 4.60. The van der Waals surface area contributed by atoms with Crippen LogP contribution >= 0.6 is 11.6 Å². The lowest BCUT2D eigenvalue weighted by Crippen LogP contribution is -2.22. The van der Waals surface area contributed by atoms with E-state index in [1.165, 1.54) is 0 Å². The van der Waals surface area contributed by atoms with Gasteiger partial charge in [0.2, 0.25) is 0 Å². The van der Waals surface area contributed by atoms with Crippen LogP contribution in [0, 0.1) is 6.92 Å². The van der Waals surface area contributed by atoms with E-state index >= 15 is 0 Å². The van der Waals surface area contributed by atoms with Crippen molar-refractivity contribution in [2.24, 2.45) is 5.10 Å². The van der Waals surface area contributed by atoms with Gasteiger partial charge in [0.15, 0.2) is 5.76 Å². The molecule has 5 rings (SSSR count). The van der Waals surface area contributed by atoms with Gasteiger partial charge in [0.25, 0.3) is 11.8 Å². The molecule has 2 amide bonds. The molecule has 0 unspecified atom stereocenters. The fourth-order valence-corrected chi connectivity index (χ4v) is 4.77. The summed E-state index contributed by atoms with van der Waals surface area (Å²) in [5.74, 6) is -0.673. The number of amides is 2. The van der Waals surface area contributed by atoms with Crippen molar-refractivity contribution < 1.29 is 27.2 Å². The molecule has 3 aromatic carbocycles. The second-order valence-electron chi connectivity index (χ2n) is 9.30. The second kappa shape index (κ2) is 11.0. The Hall–Kier alpha value is -4.37. The van der Waals surface area contributed by atoms with Gasteiger partial charge in [-0.25, -0.2) is 5.43 Å². The van der Waals surface area contributed by atoms with Gasteiger partial charge in [-0.2, -0.15) is 18.3 Å². The van der Waals surface area contributed by atoms with E-state index in [4.69, 9.17) is 16.0 Å². The monoisotopic (exact) mass is 565 g/mol. The van der Waals surface area contributed by atoms with Gasteiger partial charge in [-0.15, -0.1) is 0 Å². The van der Waals surface area contributed by atoms with Gasteiger partial charge in [0.1, 0.15) is 5.76 Å². The van der Waals surface area contributed by atoms with Crippen molar-refractivity contribution in [2.75, 3.05) is 5.32 Å². The number of benzene rings is 3. The molecule has 0 spiro atoms. The molecule has 0 saturated heterocycles. The molecule has 204 valence electrons. The van der Waals surface area contributed by atoms with Crippen LogP contribution in [0.3, 0.4) is 0 Å². The summed E-state index contributed by atoms with van der Waals surface area (Å²) >= 11 is 6.03. The number of carbonyl (C=O) groups excluding carboxylic acids is 2. The van der Waals surface area contributed by atoms with Crippen molar-refractivity contribution in [3.8, 4) is 11.1 Å². The van der Waals surface area contributed by atoms with E-state index in [1.807, 2.05) is 42.5 Å².